The number of ether oxygens (including phenoxy) is 2. The zero-order valence-corrected chi connectivity index (χ0v) is 19.1. The maximum absolute atomic E-state index is 12.9. The normalized spacial score (nSPS) is 15.5. The van der Waals surface area contributed by atoms with E-state index >= 15 is 0 Å². The molecule has 0 aliphatic carbocycles. The molecule has 0 bridgehead atoms. The van der Waals surface area contributed by atoms with E-state index in [4.69, 9.17) is 9.47 Å². The lowest BCUT2D eigenvalue weighted by Gasteiger charge is -2.31. The fourth-order valence-corrected chi connectivity index (χ4v) is 5.03. The van der Waals surface area contributed by atoms with Gasteiger partial charge in [0.15, 0.2) is 6.61 Å². The molecule has 1 amide bonds. The molecule has 0 saturated carbocycles. The van der Waals surface area contributed by atoms with Crippen LogP contribution in [0, 0.1) is 13.8 Å². The average Bonchev–Trinajstić information content (AvgIpc) is 2.76. The van der Waals surface area contributed by atoms with Gasteiger partial charge < -0.3 is 14.8 Å². The van der Waals surface area contributed by atoms with Crippen molar-refractivity contribution in [3.05, 3.63) is 53.6 Å². The number of benzene rings is 2. The lowest BCUT2D eigenvalue weighted by atomic mass is 10.1. The Morgan fingerprint density at radius 1 is 1.06 bits per heavy atom. The van der Waals surface area contributed by atoms with Gasteiger partial charge in [-0.15, -0.1) is 0 Å². The van der Waals surface area contributed by atoms with Crippen molar-refractivity contribution >= 4 is 15.9 Å². The van der Waals surface area contributed by atoms with Crippen LogP contribution in [0.5, 0.6) is 11.5 Å². The first kappa shape index (κ1) is 23.1. The number of hydrogen-bond donors (Lipinski definition) is 1. The Balaban J connectivity index is 1.49. The summed E-state index contributed by atoms with van der Waals surface area (Å²) in [6.07, 6.45) is 1.12. The minimum atomic E-state index is -3.56. The summed E-state index contributed by atoms with van der Waals surface area (Å²) in [5, 5.41) is 2.95. The fourth-order valence-electron chi connectivity index (χ4n) is 3.56. The van der Waals surface area contributed by atoms with Crippen LogP contribution in [0.4, 0.5) is 0 Å². The Hall–Kier alpha value is -2.58. The van der Waals surface area contributed by atoms with E-state index in [0.717, 1.165) is 11.1 Å². The highest BCUT2D eigenvalue weighted by atomic mass is 32.2. The number of sulfonamides is 1. The van der Waals surface area contributed by atoms with Gasteiger partial charge in [-0.05, 0) is 75.1 Å². The van der Waals surface area contributed by atoms with E-state index in [1.54, 1.807) is 24.3 Å². The third-order valence-corrected chi connectivity index (χ3v) is 7.42. The molecule has 1 heterocycles. The van der Waals surface area contributed by atoms with Crippen LogP contribution in [0.2, 0.25) is 0 Å². The molecule has 1 aliphatic rings. The first-order chi connectivity index (χ1) is 14.8. The third kappa shape index (κ3) is 5.77. The summed E-state index contributed by atoms with van der Waals surface area (Å²) >= 11 is 0. The molecule has 1 N–H and O–H groups in total. The van der Waals surface area contributed by atoms with Crippen LogP contribution in [-0.4, -0.2) is 51.0 Å². The second kappa shape index (κ2) is 10.2. The molecule has 0 spiro atoms. The van der Waals surface area contributed by atoms with E-state index in [0.29, 0.717) is 44.0 Å². The fraction of sp³-hybridized carbons (Fsp3) is 0.435. The lowest BCUT2D eigenvalue weighted by Crippen LogP contribution is -2.47. The summed E-state index contributed by atoms with van der Waals surface area (Å²) < 4.78 is 38.3. The van der Waals surface area contributed by atoms with Crippen molar-refractivity contribution in [2.75, 3.05) is 26.3 Å². The van der Waals surface area contributed by atoms with Gasteiger partial charge in [0.2, 0.25) is 10.0 Å². The molecule has 2 aromatic carbocycles. The van der Waals surface area contributed by atoms with Crippen molar-refractivity contribution < 1.29 is 22.7 Å². The van der Waals surface area contributed by atoms with Crippen molar-refractivity contribution in [3.63, 3.8) is 0 Å². The van der Waals surface area contributed by atoms with Gasteiger partial charge in [-0.25, -0.2) is 8.42 Å². The topological polar surface area (TPSA) is 84.9 Å². The minimum Gasteiger partial charge on any atom is -0.494 e. The highest BCUT2D eigenvalue weighted by Crippen LogP contribution is 2.23. The van der Waals surface area contributed by atoms with Gasteiger partial charge in [0, 0.05) is 19.1 Å². The lowest BCUT2D eigenvalue weighted by molar-refractivity contribution is -0.124. The van der Waals surface area contributed by atoms with Crippen LogP contribution >= 0.6 is 0 Å². The first-order valence-electron chi connectivity index (χ1n) is 10.5. The van der Waals surface area contributed by atoms with Crippen molar-refractivity contribution in [1.82, 2.24) is 9.62 Å². The molecule has 1 fully saturated rings. The molecule has 0 radical (unpaired) electrons. The Bertz CT molecular complexity index is 997. The SMILES string of the molecule is CCOc1ccc(S(=O)(=O)N2CCC(NC(=O)COc3cccc(C)c3C)CC2)cc1. The molecule has 0 atom stereocenters. The van der Waals surface area contributed by atoms with Gasteiger partial charge in [0.1, 0.15) is 11.5 Å². The number of hydrogen-bond acceptors (Lipinski definition) is 5. The monoisotopic (exact) mass is 446 g/mol. The van der Waals surface area contributed by atoms with Crippen LogP contribution in [0.15, 0.2) is 47.4 Å². The Morgan fingerprint density at radius 3 is 2.39 bits per heavy atom. The van der Waals surface area contributed by atoms with Gasteiger partial charge in [-0.3, -0.25) is 4.79 Å². The number of rotatable bonds is 8. The van der Waals surface area contributed by atoms with Crippen LogP contribution < -0.4 is 14.8 Å². The number of carbonyl (C=O) groups excluding carboxylic acids is 1. The number of piperidine rings is 1. The van der Waals surface area contributed by atoms with Gasteiger partial charge in [0.25, 0.3) is 5.91 Å². The van der Waals surface area contributed by atoms with Crippen molar-refractivity contribution in [2.24, 2.45) is 0 Å². The van der Waals surface area contributed by atoms with E-state index in [2.05, 4.69) is 5.32 Å². The van der Waals surface area contributed by atoms with Crippen LogP contribution in [0.3, 0.4) is 0 Å². The highest BCUT2D eigenvalue weighted by Gasteiger charge is 2.30. The second-order valence-corrected chi connectivity index (χ2v) is 9.57. The molecular weight excluding hydrogens is 416 g/mol. The number of nitrogens with zero attached hydrogens (tertiary/aromatic N) is 1. The summed E-state index contributed by atoms with van der Waals surface area (Å²) in [5.41, 5.74) is 2.13. The average molecular weight is 447 g/mol. The molecule has 0 aromatic heterocycles. The smallest absolute Gasteiger partial charge is 0.258 e. The van der Waals surface area contributed by atoms with Crippen molar-refractivity contribution in [1.29, 1.82) is 0 Å². The molecule has 3 rings (SSSR count). The summed E-state index contributed by atoms with van der Waals surface area (Å²) in [4.78, 5) is 12.5. The zero-order chi connectivity index (χ0) is 22.4. The highest BCUT2D eigenvalue weighted by molar-refractivity contribution is 7.89. The number of nitrogens with one attached hydrogen (secondary N) is 1. The number of aryl methyl sites for hydroxylation is 1. The van der Waals surface area contributed by atoms with E-state index < -0.39 is 10.0 Å². The second-order valence-electron chi connectivity index (χ2n) is 7.64. The largest absolute Gasteiger partial charge is 0.494 e. The number of amides is 1. The van der Waals surface area contributed by atoms with Crippen molar-refractivity contribution in [2.45, 2.75) is 44.6 Å². The Kier molecular flexibility index (Phi) is 7.56. The summed E-state index contributed by atoms with van der Waals surface area (Å²) in [6, 6.07) is 12.1. The summed E-state index contributed by atoms with van der Waals surface area (Å²) in [5.74, 6) is 1.14. The first-order valence-corrected chi connectivity index (χ1v) is 12.0. The van der Waals surface area contributed by atoms with Gasteiger partial charge in [-0.1, -0.05) is 12.1 Å². The van der Waals surface area contributed by atoms with Crippen molar-refractivity contribution in [3.8, 4) is 11.5 Å². The number of carbonyl (C=O) groups is 1. The van der Waals surface area contributed by atoms with E-state index in [9.17, 15) is 13.2 Å². The Morgan fingerprint density at radius 2 is 1.74 bits per heavy atom. The Labute approximate surface area is 184 Å². The van der Waals surface area contributed by atoms with Gasteiger partial charge in [-0.2, -0.15) is 4.31 Å². The molecular formula is C23H30N2O5S. The standard InChI is InChI=1S/C23H30N2O5S/c1-4-29-20-8-10-21(11-9-20)31(27,28)25-14-12-19(13-15-25)24-23(26)16-30-22-7-5-6-17(2)18(22)3/h5-11,19H,4,12-16H2,1-3H3,(H,24,26). The molecule has 1 aliphatic heterocycles. The van der Waals surface area contributed by atoms with E-state index in [1.807, 2.05) is 39.0 Å². The van der Waals surface area contributed by atoms with Crippen LogP contribution in [0.1, 0.15) is 30.9 Å². The van der Waals surface area contributed by atoms with Gasteiger partial charge >= 0.3 is 0 Å². The molecule has 0 unspecified atom stereocenters. The molecule has 1 saturated heterocycles. The predicted octanol–water partition coefficient (Wildman–Crippen LogP) is 3.05. The molecule has 2 aromatic rings. The molecule has 168 valence electrons. The van der Waals surface area contributed by atoms with E-state index in [-0.39, 0.29) is 23.5 Å². The van der Waals surface area contributed by atoms with E-state index in [1.165, 1.54) is 4.31 Å². The molecule has 8 heteroatoms. The summed E-state index contributed by atoms with van der Waals surface area (Å²) in [6.45, 7) is 7.02. The van der Waals surface area contributed by atoms with Gasteiger partial charge in [0.05, 0.1) is 11.5 Å². The minimum absolute atomic E-state index is 0.0605. The quantitative estimate of drug-likeness (QED) is 0.674. The zero-order valence-electron chi connectivity index (χ0n) is 18.3. The predicted molar refractivity (Wildman–Crippen MR) is 119 cm³/mol. The van der Waals surface area contributed by atoms with Crippen LogP contribution in [0.25, 0.3) is 0 Å². The molecule has 31 heavy (non-hydrogen) atoms. The van der Waals surface area contributed by atoms with Crippen LogP contribution in [-0.2, 0) is 14.8 Å². The maximum Gasteiger partial charge on any atom is 0.258 e. The summed E-state index contributed by atoms with van der Waals surface area (Å²) in [7, 11) is -3.56. The molecule has 7 nitrogen and oxygen atoms in total. The third-order valence-electron chi connectivity index (χ3n) is 5.51. The maximum atomic E-state index is 12.9.